The molecule has 0 bridgehead atoms. The Bertz CT molecular complexity index is 975. The zero-order chi connectivity index (χ0) is 19.9. The van der Waals surface area contributed by atoms with Crippen LogP contribution in [0.1, 0.15) is 5.56 Å². The van der Waals surface area contributed by atoms with Crippen molar-refractivity contribution < 1.29 is 19.0 Å². The van der Waals surface area contributed by atoms with Crippen molar-refractivity contribution in [2.24, 2.45) is 0 Å². The van der Waals surface area contributed by atoms with Gasteiger partial charge < -0.3 is 19.5 Å². The molecule has 0 spiro atoms. The minimum absolute atomic E-state index is 0.124. The molecule has 0 aliphatic heterocycles. The van der Waals surface area contributed by atoms with Crippen LogP contribution in [0.5, 0.6) is 17.2 Å². The zero-order valence-electron chi connectivity index (χ0n) is 15.9. The van der Waals surface area contributed by atoms with Crippen LogP contribution in [-0.4, -0.2) is 37.2 Å². The zero-order valence-corrected chi connectivity index (χ0v) is 15.9. The van der Waals surface area contributed by atoms with Gasteiger partial charge in [0.15, 0.2) is 0 Å². The Morgan fingerprint density at radius 2 is 1.71 bits per heavy atom. The molecule has 144 valence electrons. The van der Waals surface area contributed by atoms with Gasteiger partial charge in [-0.05, 0) is 30.3 Å². The molecule has 0 unspecified atom stereocenters. The molecule has 0 aliphatic carbocycles. The number of carbonyl (C=O) groups is 1. The Hall–Kier alpha value is -3.61. The number of amides is 1. The normalized spacial score (nSPS) is 10.2. The SMILES string of the molecule is COc1cccc(-c2cc(NC(=O)Cc3cc(OC)ccc3OC)ncn2)c1. The molecule has 1 aromatic heterocycles. The molecule has 0 radical (unpaired) electrons. The highest BCUT2D eigenvalue weighted by Gasteiger charge is 2.12. The Balaban J connectivity index is 1.76. The molecule has 0 aliphatic rings. The van der Waals surface area contributed by atoms with Gasteiger partial charge in [0.05, 0.1) is 33.4 Å². The minimum atomic E-state index is -0.221. The smallest absolute Gasteiger partial charge is 0.230 e. The van der Waals surface area contributed by atoms with Crippen LogP contribution in [0.4, 0.5) is 5.82 Å². The fourth-order valence-electron chi connectivity index (χ4n) is 2.75. The summed E-state index contributed by atoms with van der Waals surface area (Å²) in [6.45, 7) is 0. The lowest BCUT2D eigenvalue weighted by Gasteiger charge is -2.11. The molecule has 0 saturated carbocycles. The van der Waals surface area contributed by atoms with Gasteiger partial charge in [0.2, 0.25) is 5.91 Å². The number of rotatable bonds is 7. The van der Waals surface area contributed by atoms with Gasteiger partial charge in [-0.2, -0.15) is 0 Å². The molecule has 28 heavy (non-hydrogen) atoms. The second-order valence-corrected chi connectivity index (χ2v) is 5.92. The summed E-state index contributed by atoms with van der Waals surface area (Å²) in [4.78, 5) is 20.9. The maximum atomic E-state index is 12.5. The van der Waals surface area contributed by atoms with Crippen molar-refractivity contribution in [3.63, 3.8) is 0 Å². The van der Waals surface area contributed by atoms with E-state index in [1.165, 1.54) is 6.33 Å². The molecule has 7 nitrogen and oxygen atoms in total. The summed E-state index contributed by atoms with van der Waals surface area (Å²) in [6.07, 6.45) is 1.54. The van der Waals surface area contributed by atoms with Gasteiger partial charge in [-0.3, -0.25) is 4.79 Å². The Morgan fingerprint density at radius 3 is 2.46 bits per heavy atom. The first-order valence-corrected chi connectivity index (χ1v) is 8.60. The summed E-state index contributed by atoms with van der Waals surface area (Å²) < 4.78 is 15.8. The van der Waals surface area contributed by atoms with E-state index in [1.54, 1.807) is 45.6 Å². The minimum Gasteiger partial charge on any atom is -0.497 e. The van der Waals surface area contributed by atoms with Crippen LogP contribution in [0, 0.1) is 0 Å². The largest absolute Gasteiger partial charge is 0.497 e. The second kappa shape index (κ2) is 8.85. The maximum Gasteiger partial charge on any atom is 0.230 e. The quantitative estimate of drug-likeness (QED) is 0.678. The number of ether oxygens (including phenoxy) is 3. The fraction of sp³-hybridized carbons (Fsp3) is 0.190. The van der Waals surface area contributed by atoms with E-state index in [1.807, 2.05) is 24.3 Å². The summed E-state index contributed by atoms with van der Waals surface area (Å²) in [5, 5.41) is 2.80. The lowest BCUT2D eigenvalue weighted by atomic mass is 10.1. The topological polar surface area (TPSA) is 82.6 Å². The van der Waals surface area contributed by atoms with Gasteiger partial charge in [0, 0.05) is 17.2 Å². The number of nitrogens with zero attached hydrogens (tertiary/aromatic N) is 2. The molecule has 3 aromatic rings. The van der Waals surface area contributed by atoms with Crippen LogP contribution in [-0.2, 0) is 11.2 Å². The number of aromatic nitrogens is 2. The number of nitrogens with one attached hydrogen (secondary N) is 1. The molecule has 3 rings (SSSR count). The second-order valence-electron chi connectivity index (χ2n) is 5.92. The fourth-order valence-corrected chi connectivity index (χ4v) is 2.75. The number of hydrogen-bond donors (Lipinski definition) is 1. The summed E-state index contributed by atoms with van der Waals surface area (Å²) in [5.41, 5.74) is 2.27. The van der Waals surface area contributed by atoms with Crippen molar-refractivity contribution in [3.8, 4) is 28.5 Å². The van der Waals surface area contributed by atoms with E-state index < -0.39 is 0 Å². The molecule has 1 heterocycles. The molecular formula is C21H21N3O4. The monoisotopic (exact) mass is 379 g/mol. The molecule has 2 aromatic carbocycles. The van der Waals surface area contributed by atoms with Crippen molar-refractivity contribution in [2.45, 2.75) is 6.42 Å². The Kier molecular flexibility index (Phi) is 6.06. The average Bonchev–Trinajstić information content (AvgIpc) is 2.73. The predicted octanol–water partition coefficient (Wildman–Crippen LogP) is 3.35. The number of methoxy groups -OCH3 is 3. The first-order valence-electron chi connectivity index (χ1n) is 8.60. The van der Waals surface area contributed by atoms with Gasteiger partial charge >= 0.3 is 0 Å². The van der Waals surface area contributed by atoms with Gasteiger partial charge in [-0.1, -0.05) is 12.1 Å². The maximum absolute atomic E-state index is 12.5. The molecule has 1 N–H and O–H groups in total. The molecule has 0 saturated heterocycles. The molecular weight excluding hydrogens is 358 g/mol. The number of hydrogen-bond acceptors (Lipinski definition) is 6. The third-order valence-corrected chi connectivity index (χ3v) is 4.14. The third-order valence-electron chi connectivity index (χ3n) is 4.14. The van der Waals surface area contributed by atoms with Crippen molar-refractivity contribution in [1.29, 1.82) is 0 Å². The summed E-state index contributed by atoms with van der Waals surface area (Å²) in [7, 11) is 4.75. The Morgan fingerprint density at radius 1 is 0.929 bits per heavy atom. The van der Waals surface area contributed by atoms with E-state index in [-0.39, 0.29) is 12.3 Å². The highest BCUT2D eigenvalue weighted by Crippen LogP contribution is 2.25. The predicted molar refractivity (Wildman–Crippen MR) is 106 cm³/mol. The van der Waals surface area contributed by atoms with Crippen LogP contribution in [0.3, 0.4) is 0 Å². The Labute approximate surface area is 163 Å². The number of benzene rings is 2. The first kappa shape index (κ1) is 19.2. The van der Waals surface area contributed by atoms with E-state index in [0.29, 0.717) is 23.0 Å². The summed E-state index contributed by atoms with van der Waals surface area (Å²) in [6, 6.07) is 14.6. The van der Waals surface area contributed by atoms with Crippen molar-refractivity contribution in [3.05, 3.63) is 60.4 Å². The van der Waals surface area contributed by atoms with Crippen LogP contribution >= 0.6 is 0 Å². The number of anilines is 1. The molecule has 7 heteroatoms. The average molecular weight is 379 g/mol. The van der Waals surface area contributed by atoms with Crippen molar-refractivity contribution in [1.82, 2.24) is 9.97 Å². The van der Waals surface area contributed by atoms with E-state index in [4.69, 9.17) is 14.2 Å². The summed E-state index contributed by atoms with van der Waals surface area (Å²) in [5.74, 6) is 2.20. The van der Waals surface area contributed by atoms with E-state index in [2.05, 4.69) is 15.3 Å². The van der Waals surface area contributed by atoms with Gasteiger partial charge in [0.1, 0.15) is 29.4 Å². The van der Waals surface area contributed by atoms with Crippen molar-refractivity contribution in [2.75, 3.05) is 26.6 Å². The summed E-state index contributed by atoms with van der Waals surface area (Å²) >= 11 is 0. The third kappa shape index (κ3) is 4.56. The first-order chi connectivity index (χ1) is 13.6. The van der Waals surface area contributed by atoms with Crippen LogP contribution < -0.4 is 19.5 Å². The highest BCUT2D eigenvalue weighted by atomic mass is 16.5. The van der Waals surface area contributed by atoms with E-state index >= 15 is 0 Å². The van der Waals surface area contributed by atoms with Gasteiger partial charge in [-0.25, -0.2) is 9.97 Å². The van der Waals surface area contributed by atoms with Gasteiger partial charge in [-0.15, -0.1) is 0 Å². The highest BCUT2D eigenvalue weighted by molar-refractivity contribution is 5.92. The molecule has 0 atom stereocenters. The van der Waals surface area contributed by atoms with Crippen LogP contribution in [0.25, 0.3) is 11.3 Å². The standard InChI is InChI=1S/C21H21N3O4/c1-26-16-6-4-5-14(9-16)18-12-20(23-13-22-18)24-21(25)11-15-10-17(27-2)7-8-19(15)28-3/h4-10,12-13H,11H2,1-3H3,(H,22,23,24,25). The lowest BCUT2D eigenvalue weighted by molar-refractivity contribution is -0.115. The molecule has 1 amide bonds. The van der Waals surface area contributed by atoms with Crippen LogP contribution in [0.2, 0.25) is 0 Å². The van der Waals surface area contributed by atoms with Crippen LogP contribution in [0.15, 0.2) is 54.9 Å². The number of carbonyl (C=O) groups excluding carboxylic acids is 1. The lowest BCUT2D eigenvalue weighted by Crippen LogP contribution is -2.16. The van der Waals surface area contributed by atoms with Gasteiger partial charge in [0.25, 0.3) is 0 Å². The van der Waals surface area contributed by atoms with Crippen molar-refractivity contribution >= 4 is 11.7 Å². The van der Waals surface area contributed by atoms with E-state index in [0.717, 1.165) is 16.9 Å². The van der Waals surface area contributed by atoms with E-state index in [9.17, 15) is 4.79 Å². The molecule has 0 fully saturated rings.